The smallest absolute Gasteiger partial charge is 0.312 e. The van der Waals surface area contributed by atoms with Gasteiger partial charge < -0.3 is 35.2 Å². The molecule has 1 amide bonds. The van der Waals surface area contributed by atoms with Crippen LogP contribution in [-0.4, -0.2) is 38.3 Å². The van der Waals surface area contributed by atoms with Crippen LogP contribution in [-0.2, 0) is 20.8 Å². The number of benzene rings is 4. The molecule has 0 unspecified atom stereocenters. The lowest BCUT2D eigenvalue weighted by molar-refractivity contribution is -0.140. The summed E-state index contributed by atoms with van der Waals surface area (Å²) in [5.74, 6) is 0.230. The van der Waals surface area contributed by atoms with Gasteiger partial charge in [-0.1, -0.05) is 13.8 Å². The molecular weight excluding hydrogens is 1080 g/mol. The molecule has 0 fully saturated rings. The molecule has 5 N–H and O–H groups in total. The van der Waals surface area contributed by atoms with Crippen LogP contribution in [0.5, 0.6) is 34.5 Å². The Labute approximate surface area is 327 Å². The molecule has 15 heteroatoms. The molecular formula is C32H26Br2I3NO9. The van der Waals surface area contributed by atoms with Crippen molar-refractivity contribution in [3.8, 4) is 34.5 Å². The largest absolute Gasteiger partial charge is 0.508 e. The Morgan fingerprint density at radius 3 is 1.79 bits per heavy atom. The number of carbonyl (C=O) groups is 3. The van der Waals surface area contributed by atoms with Gasteiger partial charge in [-0.15, -0.1) is 0 Å². The second-order valence-corrected chi connectivity index (χ2v) is 15.2. The molecule has 47 heavy (non-hydrogen) atoms. The predicted octanol–water partition coefficient (Wildman–Crippen LogP) is 9.87. The van der Waals surface area contributed by atoms with Gasteiger partial charge >= 0.3 is 11.9 Å². The average molecular weight is 1110 g/mol. The highest BCUT2D eigenvalue weighted by atomic mass is 127. The maximum Gasteiger partial charge on any atom is 0.312 e. The van der Waals surface area contributed by atoms with Gasteiger partial charge in [-0.3, -0.25) is 14.4 Å². The minimum Gasteiger partial charge on any atom is -0.508 e. The number of amides is 1. The Morgan fingerprint density at radius 2 is 1.28 bits per heavy atom. The molecule has 4 aromatic rings. The molecule has 0 aliphatic carbocycles. The van der Waals surface area contributed by atoms with E-state index >= 15 is 0 Å². The fourth-order valence-electron chi connectivity index (χ4n) is 3.90. The van der Waals surface area contributed by atoms with E-state index in [1.807, 2.05) is 36.4 Å². The van der Waals surface area contributed by atoms with Crippen LogP contribution in [0.3, 0.4) is 0 Å². The number of hydrogen-bond acceptors (Lipinski definition) is 7. The number of carboxylic acid groups (broad SMARTS) is 2. The summed E-state index contributed by atoms with van der Waals surface area (Å²) in [5.41, 5.74) is 1.94. The van der Waals surface area contributed by atoms with Crippen molar-refractivity contribution in [1.82, 2.24) is 0 Å². The Hall–Kier alpha value is -2.36. The fourth-order valence-corrected chi connectivity index (χ4v) is 7.86. The van der Waals surface area contributed by atoms with E-state index in [-0.39, 0.29) is 23.8 Å². The number of carbonyl (C=O) groups excluding carboxylic acids is 1. The summed E-state index contributed by atoms with van der Waals surface area (Å²) in [6.45, 7) is 3.94. The number of aliphatic carboxylic acids is 2. The first-order chi connectivity index (χ1) is 22.0. The van der Waals surface area contributed by atoms with E-state index in [2.05, 4.69) is 82.4 Å². The molecule has 0 saturated carbocycles. The minimum atomic E-state index is -1.20. The van der Waals surface area contributed by atoms with E-state index in [9.17, 15) is 24.6 Å². The first-order valence-electron chi connectivity index (χ1n) is 13.4. The molecule has 0 aromatic heterocycles. The number of phenols is 2. The standard InChI is InChI=1S/C18H17Br2NO5.C14H9I3O4/c1-9(2)12-7-11(3-4-15(12)22)26-18-13(19)5-10(6-14(18)20)21-16(23)8-17(24)25;15-9-6-8(1-2-12(9)18)21-14-10(16)3-7(4-11(14)17)5-13(19)20/h3-7,9,22H,8H2,1-2H3,(H,21,23)(H,24,25);1-4,6,18H,5H2,(H,19,20). The van der Waals surface area contributed by atoms with Crippen LogP contribution >= 0.6 is 99.6 Å². The fraction of sp³-hybridized carbons (Fsp3) is 0.156. The number of rotatable bonds is 10. The van der Waals surface area contributed by atoms with Gasteiger partial charge in [0.25, 0.3) is 0 Å². The number of carboxylic acids is 2. The van der Waals surface area contributed by atoms with E-state index < -0.39 is 24.3 Å². The summed E-state index contributed by atoms with van der Waals surface area (Å²) in [6, 6.07) is 16.8. The Bertz CT molecular complexity index is 1770. The lowest BCUT2D eigenvalue weighted by Gasteiger charge is -2.15. The quantitative estimate of drug-likeness (QED) is 0.0769. The molecule has 0 aliphatic heterocycles. The highest BCUT2D eigenvalue weighted by Gasteiger charge is 2.16. The van der Waals surface area contributed by atoms with E-state index in [1.54, 1.807) is 60.7 Å². The van der Waals surface area contributed by atoms with E-state index in [4.69, 9.17) is 19.7 Å². The normalized spacial score (nSPS) is 10.6. The molecule has 0 heterocycles. The summed E-state index contributed by atoms with van der Waals surface area (Å²) in [4.78, 5) is 32.9. The molecule has 0 spiro atoms. The molecule has 0 saturated heterocycles. The molecule has 4 aromatic carbocycles. The van der Waals surface area contributed by atoms with Crippen LogP contribution in [0.25, 0.3) is 0 Å². The second-order valence-electron chi connectivity index (χ2n) is 10.0. The van der Waals surface area contributed by atoms with Crippen molar-refractivity contribution in [2.24, 2.45) is 0 Å². The van der Waals surface area contributed by atoms with Crippen LogP contribution in [0.1, 0.15) is 37.3 Å². The Balaban J connectivity index is 0.000000261. The average Bonchev–Trinajstić information content (AvgIpc) is 2.95. The van der Waals surface area contributed by atoms with Crippen LogP contribution in [0.4, 0.5) is 5.69 Å². The van der Waals surface area contributed by atoms with Gasteiger partial charge in [0.1, 0.15) is 29.4 Å². The molecule has 0 radical (unpaired) electrons. The number of aromatic hydroxyl groups is 2. The maximum atomic E-state index is 11.6. The van der Waals surface area contributed by atoms with Crippen LogP contribution in [0.15, 0.2) is 69.6 Å². The van der Waals surface area contributed by atoms with E-state index in [0.29, 0.717) is 41.2 Å². The third-order valence-electron chi connectivity index (χ3n) is 5.99. The second kappa shape index (κ2) is 17.9. The van der Waals surface area contributed by atoms with Crippen molar-refractivity contribution in [1.29, 1.82) is 0 Å². The van der Waals surface area contributed by atoms with Gasteiger partial charge in [-0.25, -0.2) is 0 Å². The number of hydrogen-bond donors (Lipinski definition) is 5. The molecule has 4 rings (SSSR count). The zero-order valence-corrected chi connectivity index (χ0v) is 34.1. The van der Waals surface area contributed by atoms with Crippen molar-refractivity contribution in [2.75, 3.05) is 5.32 Å². The van der Waals surface area contributed by atoms with Gasteiger partial charge in [0.15, 0.2) is 11.5 Å². The molecule has 248 valence electrons. The monoisotopic (exact) mass is 1110 g/mol. The van der Waals surface area contributed by atoms with E-state index in [1.165, 1.54) is 0 Å². The summed E-state index contributed by atoms with van der Waals surface area (Å²) in [5, 5.41) is 39.4. The first-order valence-corrected chi connectivity index (χ1v) is 18.2. The van der Waals surface area contributed by atoms with Gasteiger partial charge in [-0.2, -0.15) is 0 Å². The first kappa shape index (κ1) is 39.1. The predicted molar refractivity (Wildman–Crippen MR) is 209 cm³/mol. The van der Waals surface area contributed by atoms with Crippen LogP contribution in [0, 0.1) is 10.7 Å². The summed E-state index contributed by atoms with van der Waals surface area (Å²) in [6.07, 6.45) is -0.623. The zero-order chi connectivity index (χ0) is 35.0. The lowest BCUT2D eigenvalue weighted by Crippen LogP contribution is -2.15. The van der Waals surface area contributed by atoms with Gasteiger partial charge in [0, 0.05) is 11.3 Å². The van der Waals surface area contributed by atoms with Crippen molar-refractivity contribution >= 4 is 123 Å². The Kier molecular flexibility index (Phi) is 14.9. The topological polar surface area (TPSA) is 163 Å². The SMILES string of the molecule is CC(C)c1cc(Oc2c(Br)cc(NC(=O)CC(=O)O)cc2Br)ccc1O.O=C(O)Cc1cc(I)c(Oc2ccc(O)c(I)c2)c(I)c1. The summed E-state index contributed by atoms with van der Waals surface area (Å²) in [7, 11) is 0. The minimum absolute atomic E-state index is 0.0105. The van der Waals surface area contributed by atoms with Gasteiger partial charge in [-0.05, 0) is 172 Å². The third kappa shape index (κ3) is 11.9. The van der Waals surface area contributed by atoms with Gasteiger partial charge in [0.05, 0.1) is 26.1 Å². The molecule has 0 atom stereocenters. The lowest BCUT2D eigenvalue weighted by atomic mass is 10.0. The van der Waals surface area contributed by atoms with Crippen molar-refractivity contribution in [2.45, 2.75) is 32.6 Å². The van der Waals surface area contributed by atoms with Crippen molar-refractivity contribution in [3.05, 3.63) is 91.4 Å². The third-order valence-corrected chi connectivity index (χ3v) is 9.63. The van der Waals surface area contributed by atoms with E-state index in [0.717, 1.165) is 18.3 Å². The number of ether oxygens (including phenoxy) is 2. The van der Waals surface area contributed by atoms with Crippen molar-refractivity contribution in [3.63, 3.8) is 0 Å². The number of halogens is 5. The summed E-state index contributed by atoms with van der Waals surface area (Å²) < 4.78 is 15.3. The van der Waals surface area contributed by atoms with Crippen molar-refractivity contribution < 1.29 is 44.3 Å². The zero-order valence-electron chi connectivity index (χ0n) is 24.5. The molecule has 0 aliphatic rings. The van der Waals surface area contributed by atoms with Crippen LogP contribution in [0.2, 0.25) is 0 Å². The summed E-state index contributed by atoms with van der Waals surface area (Å²) >= 11 is 13.1. The number of anilines is 1. The number of phenolic OH excluding ortho intramolecular Hbond substituents is 2. The van der Waals surface area contributed by atoms with Crippen LogP contribution < -0.4 is 14.8 Å². The highest BCUT2D eigenvalue weighted by Crippen LogP contribution is 2.41. The highest BCUT2D eigenvalue weighted by molar-refractivity contribution is 14.1. The molecule has 0 bridgehead atoms. The Morgan fingerprint density at radius 1 is 0.745 bits per heavy atom. The van der Waals surface area contributed by atoms with Gasteiger partial charge in [0.2, 0.25) is 5.91 Å². The maximum absolute atomic E-state index is 11.6. The molecule has 10 nitrogen and oxygen atoms in total. The number of nitrogens with one attached hydrogen (secondary N) is 1.